The molecular formula is C14H11BrFNO. The first kappa shape index (κ1) is 12.8. The first-order valence-corrected chi connectivity index (χ1v) is 6.23. The molecule has 2 aromatic carbocycles. The van der Waals surface area contributed by atoms with Gasteiger partial charge in [0.1, 0.15) is 5.82 Å². The van der Waals surface area contributed by atoms with Gasteiger partial charge in [-0.05, 0) is 29.8 Å². The summed E-state index contributed by atoms with van der Waals surface area (Å²) in [5, 5.41) is 2.72. The van der Waals surface area contributed by atoms with Crippen molar-refractivity contribution < 1.29 is 9.18 Å². The van der Waals surface area contributed by atoms with E-state index in [0.29, 0.717) is 11.3 Å². The smallest absolute Gasteiger partial charge is 0.228 e. The molecule has 0 saturated carbocycles. The van der Waals surface area contributed by atoms with Gasteiger partial charge >= 0.3 is 0 Å². The summed E-state index contributed by atoms with van der Waals surface area (Å²) >= 11 is 3.32. The molecule has 2 aromatic rings. The van der Waals surface area contributed by atoms with Crippen LogP contribution in [0.15, 0.2) is 53.0 Å². The van der Waals surface area contributed by atoms with Gasteiger partial charge in [-0.2, -0.15) is 0 Å². The molecular weight excluding hydrogens is 297 g/mol. The van der Waals surface area contributed by atoms with Crippen LogP contribution >= 0.6 is 15.9 Å². The molecule has 0 spiro atoms. The molecule has 0 heterocycles. The van der Waals surface area contributed by atoms with Crippen LogP contribution in [0.1, 0.15) is 5.56 Å². The number of amides is 1. The van der Waals surface area contributed by atoms with E-state index < -0.39 is 0 Å². The normalized spacial score (nSPS) is 10.1. The molecule has 0 unspecified atom stereocenters. The molecule has 18 heavy (non-hydrogen) atoms. The van der Waals surface area contributed by atoms with Crippen molar-refractivity contribution in [1.29, 1.82) is 0 Å². The Bertz CT molecular complexity index is 571. The molecule has 2 rings (SSSR count). The predicted molar refractivity (Wildman–Crippen MR) is 72.9 cm³/mol. The summed E-state index contributed by atoms with van der Waals surface area (Å²) in [6.45, 7) is 0. The largest absolute Gasteiger partial charge is 0.326 e. The second kappa shape index (κ2) is 5.78. The van der Waals surface area contributed by atoms with Crippen LogP contribution in [0.3, 0.4) is 0 Å². The minimum absolute atomic E-state index is 0.0270. The lowest BCUT2D eigenvalue weighted by Gasteiger charge is -2.06. The third-order valence-electron chi connectivity index (χ3n) is 2.42. The van der Waals surface area contributed by atoms with Crippen LogP contribution in [0.5, 0.6) is 0 Å². The molecule has 92 valence electrons. The molecule has 0 aromatic heterocycles. The van der Waals surface area contributed by atoms with Crippen molar-refractivity contribution in [2.75, 3.05) is 5.32 Å². The van der Waals surface area contributed by atoms with Crippen molar-refractivity contribution in [1.82, 2.24) is 0 Å². The van der Waals surface area contributed by atoms with Gasteiger partial charge < -0.3 is 5.32 Å². The highest BCUT2D eigenvalue weighted by molar-refractivity contribution is 9.10. The van der Waals surface area contributed by atoms with Gasteiger partial charge in [-0.3, -0.25) is 4.79 Å². The minimum Gasteiger partial charge on any atom is -0.326 e. The van der Waals surface area contributed by atoms with Crippen LogP contribution in [0.2, 0.25) is 0 Å². The van der Waals surface area contributed by atoms with E-state index in [-0.39, 0.29) is 18.1 Å². The van der Waals surface area contributed by atoms with Gasteiger partial charge in [0.2, 0.25) is 5.91 Å². The third kappa shape index (κ3) is 3.40. The molecule has 4 heteroatoms. The maximum Gasteiger partial charge on any atom is 0.228 e. The fourth-order valence-corrected chi connectivity index (χ4v) is 1.99. The summed E-state index contributed by atoms with van der Waals surface area (Å²) in [6, 6.07) is 13.5. The molecule has 2 nitrogen and oxygen atoms in total. The van der Waals surface area contributed by atoms with E-state index in [0.717, 1.165) is 4.47 Å². The number of nitrogens with one attached hydrogen (secondary N) is 1. The van der Waals surface area contributed by atoms with E-state index >= 15 is 0 Å². The van der Waals surface area contributed by atoms with Crippen LogP contribution < -0.4 is 5.32 Å². The number of benzene rings is 2. The van der Waals surface area contributed by atoms with E-state index in [9.17, 15) is 9.18 Å². The topological polar surface area (TPSA) is 29.1 Å². The van der Waals surface area contributed by atoms with E-state index in [2.05, 4.69) is 21.2 Å². The number of rotatable bonds is 3. The van der Waals surface area contributed by atoms with Crippen molar-refractivity contribution in [2.45, 2.75) is 6.42 Å². The molecule has 0 fully saturated rings. The van der Waals surface area contributed by atoms with Gasteiger partial charge in [-0.15, -0.1) is 0 Å². The average Bonchev–Trinajstić information content (AvgIpc) is 2.32. The second-order valence-corrected chi connectivity index (χ2v) is 4.74. The van der Waals surface area contributed by atoms with Gasteiger partial charge in [-0.25, -0.2) is 4.39 Å². The maximum absolute atomic E-state index is 13.4. The Balaban J connectivity index is 2.03. The van der Waals surface area contributed by atoms with Crippen LogP contribution in [-0.4, -0.2) is 5.91 Å². The van der Waals surface area contributed by atoms with Gasteiger partial charge in [0.25, 0.3) is 0 Å². The van der Waals surface area contributed by atoms with Gasteiger partial charge in [-0.1, -0.05) is 40.2 Å². The summed E-state index contributed by atoms with van der Waals surface area (Å²) in [7, 11) is 0. The number of hydrogen-bond acceptors (Lipinski definition) is 1. The van der Waals surface area contributed by atoms with Gasteiger partial charge in [0.05, 0.1) is 6.42 Å². The minimum atomic E-state index is -0.359. The molecule has 0 aliphatic rings. The quantitative estimate of drug-likeness (QED) is 0.919. The molecule has 1 N–H and O–H groups in total. The lowest BCUT2D eigenvalue weighted by atomic mass is 10.1. The monoisotopic (exact) mass is 307 g/mol. The zero-order valence-electron chi connectivity index (χ0n) is 9.49. The molecule has 0 atom stereocenters. The van der Waals surface area contributed by atoms with Gasteiger partial charge in [0, 0.05) is 10.2 Å². The van der Waals surface area contributed by atoms with Crippen molar-refractivity contribution >= 4 is 27.5 Å². The van der Waals surface area contributed by atoms with Crippen molar-refractivity contribution in [2.24, 2.45) is 0 Å². The Hall–Kier alpha value is -1.68. The number of halogens is 2. The molecule has 0 radical (unpaired) electrons. The summed E-state index contributed by atoms with van der Waals surface area (Å²) in [6.07, 6.45) is 0.0270. The summed E-state index contributed by atoms with van der Waals surface area (Å²) < 4.78 is 14.2. The Morgan fingerprint density at radius 1 is 1.17 bits per heavy atom. The highest BCUT2D eigenvalue weighted by atomic mass is 79.9. The molecule has 1 amide bonds. The zero-order valence-corrected chi connectivity index (χ0v) is 11.1. The number of carbonyl (C=O) groups excluding carboxylic acids is 1. The lowest BCUT2D eigenvalue weighted by molar-refractivity contribution is -0.115. The lowest BCUT2D eigenvalue weighted by Crippen LogP contribution is -2.15. The molecule has 0 aliphatic carbocycles. The zero-order chi connectivity index (χ0) is 13.0. The Morgan fingerprint density at radius 3 is 2.67 bits per heavy atom. The summed E-state index contributed by atoms with van der Waals surface area (Å²) in [5.41, 5.74) is 1.08. The highest BCUT2D eigenvalue weighted by Gasteiger charge is 2.07. The predicted octanol–water partition coefficient (Wildman–Crippen LogP) is 3.77. The van der Waals surface area contributed by atoms with Gasteiger partial charge in [0.15, 0.2) is 0 Å². The summed E-state index contributed by atoms with van der Waals surface area (Å²) in [4.78, 5) is 11.8. The van der Waals surface area contributed by atoms with Crippen LogP contribution in [0.25, 0.3) is 0 Å². The highest BCUT2D eigenvalue weighted by Crippen LogP contribution is 2.16. The van der Waals surface area contributed by atoms with Crippen molar-refractivity contribution in [3.8, 4) is 0 Å². The molecule has 0 aliphatic heterocycles. The average molecular weight is 308 g/mol. The molecule has 0 bridgehead atoms. The third-order valence-corrected chi connectivity index (χ3v) is 2.91. The van der Waals surface area contributed by atoms with E-state index in [1.807, 2.05) is 12.1 Å². The number of hydrogen-bond donors (Lipinski definition) is 1. The Morgan fingerprint density at radius 2 is 1.94 bits per heavy atom. The number of anilines is 1. The Kier molecular flexibility index (Phi) is 4.10. The van der Waals surface area contributed by atoms with Crippen LogP contribution in [0, 0.1) is 5.82 Å². The first-order chi connectivity index (χ1) is 8.65. The van der Waals surface area contributed by atoms with Crippen molar-refractivity contribution in [3.05, 3.63) is 64.4 Å². The number of carbonyl (C=O) groups is 1. The second-order valence-electron chi connectivity index (χ2n) is 3.83. The van der Waals surface area contributed by atoms with Crippen LogP contribution in [0.4, 0.5) is 10.1 Å². The van der Waals surface area contributed by atoms with Crippen LogP contribution in [-0.2, 0) is 11.2 Å². The maximum atomic E-state index is 13.4. The molecule has 0 saturated heterocycles. The standard InChI is InChI=1S/C14H11BrFNO/c15-11-5-3-6-12(9-11)17-14(18)8-10-4-1-2-7-13(10)16/h1-7,9H,8H2,(H,17,18). The van der Waals surface area contributed by atoms with E-state index in [1.165, 1.54) is 6.07 Å². The Labute approximate surface area is 113 Å². The van der Waals surface area contributed by atoms with E-state index in [4.69, 9.17) is 0 Å². The fraction of sp³-hybridized carbons (Fsp3) is 0.0714. The van der Waals surface area contributed by atoms with Crippen molar-refractivity contribution in [3.63, 3.8) is 0 Å². The first-order valence-electron chi connectivity index (χ1n) is 5.44. The van der Waals surface area contributed by atoms with E-state index in [1.54, 1.807) is 30.3 Å². The SMILES string of the molecule is O=C(Cc1ccccc1F)Nc1cccc(Br)c1. The fourth-order valence-electron chi connectivity index (χ4n) is 1.59. The summed E-state index contributed by atoms with van der Waals surface area (Å²) in [5.74, 6) is -0.597.